The van der Waals surface area contributed by atoms with Gasteiger partial charge in [-0.25, -0.2) is 9.97 Å². The molecule has 1 heterocycles. The molecule has 0 spiro atoms. The second kappa shape index (κ2) is 7.92. The van der Waals surface area contributed by atoms with Crippen LogP contribution in [-0.4, -0.2) is 16.2 Å². The highest BCUT2D eigenvalue weighted by Gasteiger charge is 2.17. The molecule has 0 aliphatic carbocycles. The second-order valence-corrected chi connectivity index (χ2v) is 7.54. The van der Waals surface area contributed by atoms with Crippen molar-refractivity contribution in [2.24, 2.45) is 0 Å². The molecular formula is C19H14ClN3S2. The number of thioether (sulfide) groups is 1. The molecule has 6 heteroatoms. The van der Waals surface area contributed by atoms with E-state index in [1.165, 1.54) is 23.5 Å². The summed E-state index contributed by atoms with van der Waals surface area (Å²) in [5.74, 6) is 0. The SMILES string of the molecule is CSc1nc(Sc2ccc(Cl)cc2)c(C#N)c(-c2ccc(C)cc2)n1. The van der Waals surface area contributed by atoms with Gasteiger partial charge in [-0.3, -0.25) is 0 Å². The lowest BCUT2D eigenvalue weighted by molar-refractivity contribution is 0.890. The summed E-state index contributed by atoms with van der Waals surface area (Å²) in [5, 5.41) is 11.7. The lowest BCUT2D eigenvalue weighted by atomic mass is 10.1. The highest BCUT2D eigenvalue weighted by Crippen LogP contribution is 2.35. The predicted octanol–water partition coefficient (Wildman–Crippen LogP) is 5.85. The van der Waals surface area contributed by atoms with Crippen molar-refractivity contribution < 1.29 is 0 Å². The van der Waals surface area contributed by atoms with E-state index in [0.29, 0.717) is 26.5 Å². The van der Waals surface area contributed by atoms with Crippen LogP contribution in [0.5, 0.6) is 0 Å². The number of aryl methyl sites for hydroxylation is 1. The molecule has 0 unspecified atom stereocenters. The average molecular weight is 384 g/mol. The van der Waals surface area contributed by atoms with Gasteiger partial charge in [0.1, 0.15) is 16.7 Å². The maximum absolute atomic E-state index is 9.73. The van der Waals surface area contributed by atoms with Crippen LogP contribution in [0.1, 0.15) is 11.1 Å². The number of rotatable bonds is 4. The highest BCUT2D eigenvalue weighted by molar-refractivity contribution is 7.99. The molecule has 25 heavy (non-hydrogen) atoms. The van der Waals surface area contributed by atoms with Gasteiger partial charge in [0.05, 0.1) is 5.69 Å². The molecule has 3 rings (SSSR count). The van der Waals surface area contributed by atoms with Crippen molar-refractivity contribution in [3.8, 4) is 17.3 Å². The molecule has 0 radical (unpaired) electrons. The maximum atomic E-state index is 9.73. The van der Waals surface area contributed by atoms with Crippen LogP contribution >= 0.6 is 35.1 Å². The van der Waals surface area contributed by atoms with Gasteiger partial charge in [-0.15, -0.1) is 0 Å². The first-order valence-electron chi connectivity index (χ1n) is 7.47. The molecule has 0 bridgehead atoms. The fraction of sp³-hybridized carbons (Fsp3) is 0.105. The van der Waals surface area contributed by atoms with Crippen LogP contribution in [0.25, 0.3) is 11.3 Å². The summed E-state index contributed by atoms with van der Waals surface area (Å²) in [6.07, 6.45) is 1.93. The number of aromatic nitrogens is 2. The Balaban J connectivity index is 2.11. The summed E-state index contributed by atoms with van der Waals surface area (Å²) >= 11 is 8.85. The standard InChI is InChI=1S/C19H14ClN3S2/c1-12-3-5-13(6-4-12)17-16(11-21)18(23-19(22-17)24-2)25-15-9-7-14(20)8-10-15/h3-10H,1-2H3. The third kappa shape index (κ3) is 4.16. The average Bonchev–Trinajstić information content (AvgIpc) is 2.63. The Bertz CT molecular complexity index is 933. The van der Waals surface area contributed by atoms with Crippen molar-refractivity contribution >= 4 is 35.1 Å². The van der Waals surface area contributed by atoms with Gasteiger partial charge in [0.25, 0.3) is 0 Å². The summed E-state index contributed by atoms with van der Waals surface area (Å²) in [6.45, 7) is 2.03. The van der Waals surface area contributed by atoms with E-state index < -0.39 is 0 Å². The molecule has 2 aromatic carbocycles. The zero-order valence-electron chi connectivity index (χ0n) is 13.7. The normalized spacial score (nSPS) is 10.5. The van der Waals surface area contributed by atoms with Gasteiger partial charge in [-0.1, -0.05) is 65.0 Å². The van der Waals surface area contributed by atoms with E-state index in [-0.39, 0.29) is 0 Å². The minimum Gasteiger partial charge on any atom is -0.221 e. The zero-order valence-corrected chi connectivity index (χ0v) is 16.0. The van der Waals surface area contributed by atoms with Gasteiger partial charge in [-0.05, 0) is 37.4 Å². The van der Waals surface area contributed by atoms with Gasteiger partial charge in [0.15, 0.2) is 5.16 Å². The van der Waals surface area contributed by atoms with Gasteiger partial charge in [0.2, 0.25) is 0 Å². The summed E-state index contributed by atoms with van der Waals surface area (Å²) in [4.78, 5) is 10.1. The summed E-state index contributed by atoms with van der Waals surface area (Å²) < 4.78 is 0. The molecule has 0 saturated carbocycles. The van der Waals surface area contributed by atoms with E-state index in [1.54, 1.807) is 0 Å². The maximum Gasteiger partial charge on any atom is 0.189 e. The second-order valence-electron chi connectivity index (χ2n) is 5.27. The number of hydrogen-bond donors (Lipinski definition) is 0. The molecule has 0 aliphatic heterocycles. The van der Waals surface area contributed by atoms with Crippen LogP contribution in [-0.2, 0) is 0 Å². The fourth-order valence-corrected chi connectivity index (χ4v) is 3.64. The topological polar surface area (TPSA) is 49.6 Å². The highest BCUT2D eigenvalue weighted by atomic mass is 35.5. The van der Waals surface area contributed by atoms with Gasteiger partial charge in [0, 0.05) is 15.5 Å². The van der Waals surface area contributed by atoms with Crippen LogP contribution in [0.15, 0.2) is 63.6 Å². The summed E-state index contributed by atoms with van der Waals surface area (Å²) in [5.41, 5.74) is 3.23. The molecule has 0 N–H and O–H groups in total. The first-order chi connectivity index (χ1) is 12.1. The largest absolute Gasteiger partial charge is 0.221 e. The van der Waals surface area contributed by atoms with Crippen molar-refractivity contribution in [3.05, 3.63) is 64.7 Å². The number of benzene rings is 2. The Labute approximate surface area is 160 Å². The zero-order chi connectivity index (χ0) is 17.8. The summed E-state index contributed by atoms with van der Waals surface area (Å²) in [7, 11) is 0. The molecular weight excluding hydrogens is 370 g/mol. The summed E-state index contributed by atoms with van der Waals surface area (Å²) in [6, 6.07) is 17.8. The Morgan fingerprint density at radius 3 is 2.28 bits per heavy atom. The first kappa shape index (κ1) is 17.8. The molecule has 3 aromatic rings. The Morgan fingerprint density at radius 2 is 1.68 bits per heavy atom. The number of halogens is 1. The van der Waals surface area contributed by atoms with E-state index in [9.17, 15) is 5.26 Å². The van der Waals surface area contributed by atoms with Crippen LogP contribution in [0.4, 0.5) is 0 Å². The predicted molar refractivity (Wildman–Crippen MR) is 104 cm³/mol. The van der Waals surface area contributed by atoms with Crippen LogP contribution in [0, 0.1) is 18.3 Å². The lowest BCUT2D eigenvalue weighted by Gasteiger charge is -2.10. The van der Waals surface area contributed by atoms with E-state index in [2.05, 4.69) is 16.0 Å². The molecule has 0 aliphatic rings. The Hall–Kier alpha value is -2.00. The minimum atomic E-state index is 0.488. The molecule has 0 atom stereocenters. The first-order valence-corrected chi connectivity index (χ1v) is 9.89. The van der Waals surface area contributed by atoms with Crippen molar-refractivity contribution in [1.82, 2.24) is 9.97 Å². The molecule has 0 saturated heterocycles. The third-order valence-corrected chi connectivity index (χ3v) is 5.30. The van der Waals surface area contributed by atoms with E-state index >= 15 is 0 Å². The number of nitrogens with zero attached hydrogens (tertiary/aromatic N) is 3. The molecule has 1 aromatic heterocycles. The van der Waals surface area contributed by atoms with Gasteiger partial charge in [-0.2, -0.15) is 5.26 Å². The van der Waals surface area contributed by atoms with Crippen LogP contribution in [0.3, 0.4) is 0 Å². The number of hydrogen-bond acceptors (Lipinski definition) is 5. The number of nitriles is 1. The van der Waals surface area contributed by atoms with E-state index in [4.69, 9.17) is 11.6 Å². The quantitative estimate of drug-likeness (QED) is 0.321. The van der Waals surface area contributed by atoms with E-state index in [0.717, 1.165) is 16.0 Å². The van der Waals surface area contributed by atoms with Gasteiger partial charge < -0.3 is 0 Å². The Kier molecular flexibility index (Phi) is 5.64. The minimum absolute atomic E-state index is 0.488. The smallest absolute Gasteiger partial charge is 0.189 e. The van der Waals surface area contributed by atoms with Crippen LogP contribution in [0.2, 0.25) is 5.02 Å². The Morgan fingerprint density at radius 1 is 1.00 bits per heavy atom. The molecule has 0 fully saturated rings. The molecule has 3 nitrogen and oxygen atoms in total. The van der Waals surface area contributed by atoms with E-state index in [1.807, 2.05) is 61.7 Å². The monoisotopic (exact) mass is 383 g/mol. The van der Waals surface area contributed by atoms with Crippen molar-refractivity contribution in [2.45, 2.75) is 22.0 Å². The molecule has 124 valence electrons. The molecule has 0 amide bonds. The van der Waals surface area contributed by atoms with Crippen molar-refractivity contribution in [3.63, 3.8) is 0 Å². The lowest BCUT2D eigenvalue weighted by Crippen LogP contribution is -1.99. The van der Waals surface area contributed by atoms with Gasteiger partial charge >= 0.3 is 0 Å². The third-order valence-electron chi connectivity index (χ3n) is 3.50. The van der Waals surface area contributed by atoms with Crippen LogP contribution < -0.4 is 0 Å². The van der Waals surface area contributed by atoms with Crippen molar-refractivity contribution in [2.75, 3.05) is 6.26 Å². The van der Waals surface area contributed by atoms with Crippen molar-refractivity contribution in [1.29, 1.82) is 5.26 Å². The fourth-order valence-electron chi connectivity index (χ4n) is 2.22.